The van der Waals surface area contributed by atoms with Crippen LogP contribution in [-0.2, 0) is 9.47 Å². The summed E-state index contributed by atoms with van der Waals surface area (Å²) in [4.78, 5) is 0. The van der Waals surface area contributed by atoms with E-state index in [2.05, 4.69) is 0 Å². The minimum atomic E-state index is -1.46. The molecule has 1 aliphatic rings. The predicted molar refractivity (Wildman–Crippen MR) is 34.5 cm³/mol. The Kier molecular flexibility index (Phi) is 2.59. The summed E-state index contributed by atoms with van der Waals surface area (Å²) >= 11 is 0. The third-order valence-corrected chi connectivity index (χ3v) is 1.46. The molecule has 0 atom stereocenters. The Morgan fingerprint density at radius 3 is 2.20 bits per heavy atom. The van der Waals surface area contributed by atoms with Gasteiger partial charge in [0, 0.05) is 6.54 Å². The van der Waals surface area contributed by atoms with E-state index in [0.29, 0.717) is 13.2 Å². The van der Waals surface area contributed by atoms with Crippen LogP contribution in [0.3, 0.4) is 0 Å². The second-order valence-electron chi connectivity index (χ2n) is 2.46. The summed E-state index contributed by atoms with van der Waals surface area (Å²) in [5.41, 5.74) is 3.71. The number of hydrogen-bond acceptors (Lipinski definition) is 3. The lowest BCUT2D eigenvalue weighted by atomic mass is 10.1. The average Bonchev–Trinajstić information content (AvgIpc) is 2.15. The van der Waals surface area contributed by atoms with Crippen molar-refractivity contribution in [1.29, 1.82) is 0 Å². The fourth-order valence-electron chi connectivity index (χ4n) is 0.788. The highest BCUT2D eigenvalue weighted by Gasteiger charge is 2.30. The SMILES string of the molecule is NCC1(F)COCCOC1. The van der Waals surface area contributed by atoms with E-state index in [0.717, 1.165) is 0 Å². The van der Waals surface area contributed by atoms with Crippen LogP contribution >= 0.6 is 0 Å². The van der Waals surface area contributed by atoms with Gasteiger partial charge in [-0.2, -0.15) is 0 Å². The maximum absolute atomic E-state index is 13.2. The van der Waals surface area contributed by atoms with E-state index in [9.17, 15) is 4.39 Å². The van der Waals surface area contributed by atoms with E-state index < -0.39 is 5.67 Å². The van der Waals surface area contributed by atoms with Gasteiger partial charge < -0.3 is 15.2 Å². The minimum absolute atomic E-state index is 0.0347. The largest absolute Gasteiger partial charge is 0.376 e. The number of alkyl halides is 1. The van der Waals surface area contributed by atoms with Crippen molar-refractivity contribution in [3.8, 4) is 0 Å². The molecule has 0 aliphatic carbocycles. The molecule has 1 saturated heterocycles. The summed E-state index contributed by atoms with van der Waals surface area (Å²) in [6.45, 7) is 1.01. The van der Waals surface area contributed by atoms with E-state index in [1.165, 1.54) is 0 Å². The first-order valence-electron chi connectivity index (χ1n) is 3.31. The second-order valence-corrected chi connectivity index (χ2v) is 2.46. The second kappa shape index (κ2) is 3.27. The van der Waals surface area contributed by atoms with Crippen LogP contribution in [0, 0.1) is 0 Å². The van der Waals surface area contributed by atoms with Crippen LogP contribution in [0.1, 0.15) is 0 Å². The van der Waals surface area contributed by atoms with Gasteiger partial charge in [-0.05, 0) is 0 Å². The van der Waals surface area contributed by atoms with Gasteiger partial charge in [0.05, 0.1) is 26.4 Å². The molecule has 0 aromatic heterocycles. The fraction of sp³-hybridized carbons (Fsp3) is 1.00. The molecule has 0 bridgehead atoms. The molecule has 0 radical (unpaired) electrons. The van der Waals surface area contributed by atoms with Crippen LogP contribution in [0.15, 0.2) is 0 Å². The summed E-state index contributed by atoms with van der Waals surface area (Å²) in [6.07, 6.45) is 0. The van der Waals surface area contributed by atoms with Crippen LogP contribution in [-0.4, -0.2) is 38.6 Å². The maximum atomic E-state index is 13.2. The molecule has 0 aromatic carbocycles. The van der Waals surface area contributed by atoms with Crippen LogP contribution in [0.2, 0.25) is 0 Å². The Hall–Kier alpha value is -0.190. The average molecular weight is 149 g/mol. The van der Waals surface area contributed by atoms with Crippen molar-refractivity contribution in [1.82, 2.24) is 0 Å². The van der Waals surface area contributed by atoms with Gasteiger partial charge >= 0.3 is 0 Å². The first-order valence-corrected chi connectivity index (χ1v) is 3.31. The Bertz CT molecular complexity index is 102. The maximum Gasteiger partial charge on any atom is 0.169 e. The van der Waals surface area contributed by atoms with Crippen molar-refractivity contribution in [3.05, 3.63) is 0 Å². The van der Waals surface area contributed by atoms with Gasteiger partial charge in [0.25, 0.3) is 0 Å². The van der Waals surface area contributed by atoms with Gasteiger partial charge in [-0.15, -0.1) is 0 Å². The first-order chi connectivity index (χ1) is 4.77. The zero-order chi connectivity index (χ0) is 7.45. The highest BCUT2D eigenvalue weighted by Crippen LogP contribution is 2.12. The zero-order valence-electron chi connectivity index (χ0n) is 5.81. The summed E-state index contributed by atoms with van der Waals surface area (Å²) < 4.78 is 23.0. The lowest BCUT2D eigenvalue weighted by molar-refractivity contribution is 0.0213. The topological polar surface area (TPSA) is 44.5 Å². The van der Waals surface area contributed by atoms with Gasteiger partial charge in [0.1, 0.15) is 0 Å². The molecule has 0 saturated carbocycles. The van der Waals surface area contributed by atoms with Crippen molar-refractivity contribution in [2.75, 3.05) is 33.0 Å². The van der Waals surface area contributed by atoms with Gasteiger partial charge in [-0.3, -0.25) is 0 Å². The Morgan fingerprint density at radius 2 is 1.80 bits per heavy atom. The molecule has 4 heteroatoms. The molecule has 60 valence electrons. The first kappa shape index (κ1) is 7.91. The highest BCUT2D eigenvalue weighted by atomic mass is 19.1. The van der Waals surface area contributed by atoms with Crippen molar-refractivity contribution < 1.29 is 13.9 Å². The molecular formula is C6H12FNO2. The van der Waals surface area contributed by atoms with E-state index in [4.69, 9.17) is 15.2 Å². The van der Waals surface area contributed by atoms with Crippen LogP contribution in [0.4, 0.5) is 4.39 Å². The monoisotopic (exact) mass is 149 g/mol. The summed E-state index contributed by atoms with van der Waals surface area (Å²) in [7, 11) is 0. The number of nitrogens with two attached hydrogens (primary N) is 1. The molecule has 2 N–H and O–H groups in total. The summed E-state index contributed by atoms with van der Waals surface area (Å²) in [6, 6.07) is 0. The van der Waals surface area contributed by atoms with E-state index in [1.54, 1.807) is 0 Å². The quantitative estimate of drug-likeness (QED) is 0.556. The van der Waals surface area contributed by atoms with E-state index in [1.807, 2.05) is 0 Å². The molecule has 1 fully saturated rings. The number of halogens is 1. The van der Waals surface area contributed by atoms with Crippen LogP contribution in [0.25, 0.3) is 0 Å². The third kappa shape index (κ3) is 1.90. The van der Waals surface area contributed by atoms with Crippen molar-refractivity contribution in [2.24, 2.45) is 5.73 Å². The van der Waals surface area contributed by atoms with Crippen molar-refractivity contribution in [3.63, 3.8) is 0 Å². The fourth-order valence-corrected chi connectivity index (χ4v) is 0.788. The standard InChI is InChI=1S/C6H12FNO2/c7-6(3-8)4-9-1-2-10-5-6/h1-5,8H2. The summed E-state index contributed by atoms with van der Waals surface area (Å²) in [5, 5.41) is 0. The molecular weight excluding hydrogens is 137 g/mol. The lowest BCUT2D eigenvalue weighted by Gasteiger charge is -2.18. The molecule has 0 spiro atoms. The molecule has 1 rings (SSSR count). The Morgan fingerprint density at radius 1 is 1.30 bits per heavy atom. The van der Waals surface area contributed by atoms with Gasteiger partial charge in [0.15, 0.2) is 5.67 Å². The minimum Gasteiger partial charge on any atom is -0.376 e. The molecule has 0 aromatic rings. The Labute approximate surface area is 59.3 Å². The van der Waals surface area contributed by atoms with Crippen molar-refractivity contribution in [2.45, 2.75) is 5.67 Å². The number of ether oxygens (including phenoxy) is 2. The predicted octanol–water partition coefficient (Wildman–Crippen LogP) is -0.300. The molecule has 0 unspecified atom stereocenters. The molecule has 0 amide bonds. The summed E-state index contributed by atoms with van der Waals surface area (Å²) in [5.74, 6) is 0. The molecule has 1 aliphatic heterocycles. The molecule has 10 heavy (non-hydrogen) atoms. The molecule has 3 nitrogen and oxygen atoms in total. The molecule has 1 heterocycles. The van der Waals surface area contributed by atoms with Crippen LogP contribution < -0.4 is 5.73 Å². The lowest BCUT2D eigenvalue weighted by Crippen LogP contribution is -2.40. The normalized spacial score (nSPS) is 25.8. The zero-order valence-corrected chi connectivity index (χ0v) is 5.81. The smallest absolute Gasteiger partial charge is 0.169 e. The van der Waals surface area contributed by atoms with Gasteiger partial charge in [-0.25, -0.2) is 4.39 Å². The van der Waals surface area contributed by atoms with E-state index in [-0.39, 0.29) is 19.8 Å². The van der Waals surface area contributed by atoms with Gasteiger partial charge in [0.2, 0.25) is 0 Å². The highest BCUT2D eigenvalue weighted by molar-refractivity contribution is 4.80. The number of hydrogen-bond donors (Lipinski definition) is 1. The third-order valence-electron chi connectivity index (χ3n) is 1.46. The number of rotatable bonds is 1. The van der Waals surface area contributed by atoms with E-state index >= 15 is 0 Å². The van der Waals surface area contributed by atoms with Crippen LogP contribution in [0.5, 0.6) is 0 Å². The van der Waals surface area contributed by atoms with Gasteiger partial charge in [-0.1, -0.05) is 0 Å². The Balaban J connectivity index is 2.41. The van der Waals surface area contributed by atoms with Crippen molar-refractivity contribution >= 4 is 0 Å².